The molecule has 2 nitrogen and oxygen atoms in total. The highest BCUT2D eigenvalue weighted by Crippen LogP contribution is 2.49. The lowest BCUT2D eigenvalue weighted by atomic mass is 9.58. The van der Waals surface area contributed by atoms with Crippen LogP contribution >= 0.6 is 0 Å². The third-order valence-electron chi connectivity index (χ3n) is 5.36. The zero-order valence-electron chi connectivity index (χ0n) is 11.4. The van der Waals surface area contributed by atoms with Gasteiger partial charge < -0.3 is 0 Å². The maximum absolute atomic E-state index is 7.90. The Labute approximate surface area is 105 Å². The highest BCUT2D eigenvalue weighted by molar-refractivity contribution is 5.85. The monoisotopic (exact) mass is 234 g/mol. The Kier molecular flexibility index (Phi) is 3.70. The zero-order valence-corrected chi connectivity index (χ0v) is 11.4. The van der Waals surface area contributed by atoms with E-state index in [1.165, 1.54) is 19.3 Å². The molecular weight excluding hydrogens is 208 g/mol. The molecule has 96 valence electrons. The van der Waals surface area contributed by atoms with Crippen molar-refractivity contribution in [1.82, 2.24) is 0 Å². The first-order valence-corrected chi connectivity index (χ1v) is 7.08. The molecule has 17 heavy (non-hydrogen) atoms. The number of aliphatic imine (C=N–C) groups is 1. The Morgan fingerprint density at radius 2 is 1.76 bits per heavy atom. The first kappa shape index (κ1) is 12.8. The minimum Gasteiger partial charge on any atom is -0.286 e. The molecule has 0 radical (unpaired) electrons. The first-order valence-electron chi connectivity index (χ1n) is 7.08. The van der Waals surface area contributed by atoms with Gasteiger partial charge in [0, 0.05) is 5.92 Å². The Morgan fingerprint density at radius 3 is 2.29 bits per heavy atom. The predicted octanol–water partition coefficient (Wildman–Crippen LogP) is 4.01. The fourth-order valence-corrected chi connectivity index (χ4v) is 4.01. The van der Waals surface area contributed by atoms with Crippen LogP contribution in [0.3, 0.4) is 0 Å². The third-order valence-corrected chi connectivity index (χ3v) is 5.36. The van der Waals surface area contributed by atoms with E-state index < -0.39 is 0 Å². The van der Waals surface area contributed by atoms with Gasteiger partial charge in [-0.1, -0.05) is 20.8 Å². The predicted molar refractivity (Wildman–Crippen MR) is 73.7 cm³/mol. The Balaban J connectivity index is 2.03. The SMILES string of the molecule is C=NC(=N)C1CC(C)C(C)[C@@H](C2CC(C)C2)C1. The summed E-state index contributed by atoms with van der Waals surface area (Å²) in [7, 11) is 0. The minimum atomic E-state index is 0.375. The molecule has 2 aliphatic carbocycles. The molecule has 0 aromatic heterocycles. The molecular formula is C15H26N2. The molecule has 0 spiro atoms. The van der Waals surface area contributed by atoms with Crippen molar-refractivity contribution in [2.75, 3.05) is 0 Å². The molecule has 3 unspecified atom stereocenters. The topological polar surface area (TPSA) is 36.2 Å². The maximum atomic E-state index is 7.90. The van der Waals surface area contributed by atoms with Gasteiger partial charge in [-0.15, -0.1) is 0 Å². The molecule has 2 fully saturated rings. The van der Waals surface area contributed by atoms with Crippen molar-refractivity contribution in [1.29, 1.82) is 5.41 Å². The summed E-state index contributed by atoms with van der Waals surface area (Å²) in [4.78, 5) is 3.86. The lowest BCUT2D eigenvalue weighted by Crippen LogP contribution is -2.40. The Bertz CT molecular complexity index is 304. The maximum Gasteiger partial charge on any atom is 0.122 e. The van der Waals surface area contributed by atoms with Gasteiger partial charge in [0.2, 0.25) is 0 Å². The summed E-state index contributed by atoms with van der Waals surface area (Å²) in [5.41, 5.74) is 0. The number of hydrogen-bond donors (Lipinski definition) is 1. The third kappa shape index (κ3) is 2.46. The van der Waals surface area contributed by atoms with E-state index >= 15 is 0 Å². The van der Waals surface area contributed by atoms with Crippen molar-refractivity contribution in [3.05, 3.63) is 0 Å². The average Bonchev–Trinajstić information content (AvgIpc) is 2.27. The van der Waals surface area contributed by atoms with Crippen LogP contribution in [-0.2, 0) is 0 Å². The van der Waals surface area contributed by atoms with E-state index in [9.17, 15) is 0 Å². The molecule has 2 heteroatoms. The van der Waals surface area contributed by atoms with Gasteiger partial charge in [-0.2, -0.15) is 0 Å². The van der Waals surface area contributed by atoms with Crippen LogP contribution in [-0.4, -0.2) is 12.6 Å². The zero-order chi connectivity index (χ0) is 12.6. The fraction of sp³-hybridized carbons (Fsp3) is 0.867. The average molecular weight is 234 g/mol. The van der Waals surface area contributed by atoms with Gasteiger partial charge in [0.1, 0.15) is 5.84 Å². The molecule has 0 amide bonds. The number of hydrogen-bond acceptors (Lipinski definition) is 1. The first-order chi connectivity index (χ1) is 8.02. The van der Waals surface area contributed by atoms with Crippen molar-refractivity contribution in [2.24, 2.45) is 40.5 Å². The van der Waals surface area contributed by atoms with E-state index in [0.717, 1.165) is 36.0 Å². The summed E-state index contributed by atoms with van der Waals surface area (Å²) in [6, 6.07) is 0. The molecule has 0 aromatic rings. The van der Waals surface area contributed by atoms with E-state index in [2.05, 4.69) is 32.5 Å². The van der Waals surface area contributed by atoms with Crippen molar-refractivity contribution in [2.45, 2.75) is 46.5 Å². The van der Waals surface area contributed by atoms with Crippen LogP contribution in [0.2, 0.25) is 0 Å². The number of nitrogens with one attached hydrogen (secondary N) is 1. The van der Waals surface area contributed by atoms with Gasteiger partial charge >= 0.3 is 0 Å². The summed E-state index contributed by atoms with van der Waals surface area (Å²) in [6.07, 6.45) is 5.13. The molecule has 2 saturated carbocycles. The normalized spacial score (nSPS) is 46.1. The lowest BCUT2D eigenvalue weighted by molar-refractivity contribution is 0.0361. The van der Waals surface area contributed by atoms with Crippen LogP contribution in [0, 0.1) is 40.9 Å². The Morgan fingerprint density at radius 1 is 1.12 bits per heavy atom. The van der Waals surface area contributed by atoms with Gasteiger partial charge in [-0.3, -0.25) is 5.41 Å². The Hall–Kier alpha value is -0.660. The summed E-state index contributed by atoms with van der Waals surface area (Å²) in [5, 5.41) is 7.90. The van der Waals surface area contributed by atoms with Crippen LogP contribution in [0.5, 0.6) is 0 Å². The molecule has 0 bridgehead atoms. The number of nitrogens with zero attached hydrogens (tertiary/aromatic N) is 1. The van der Waals surface area contributed by atoms with E-state index in [1.54, 1.807) is 0 Å². The minimum absolute atomic E-state index is 0.375. The van der Waals surface area contributed by atoms with Crippen molar-refractivity contribution in [3.8, 4) is 0 Å². The summed E-state index contributed by atoms with van der Waals surface area (Å²) in [6.45, 7) is 10.6. The smallest absolute Gasteiger partial charge is 0.122 e. The van der Waals surface area contributed by atoms with Gasteiger partial charge in [-0.25, -0.2) is 4.99 Å². The summed E-state index contributed by atoms with van der Waals surface area (Å²) in [5.74, 6) is 5.13. The summed E-state index contributed by atoms with van der Waals surface area (Å²) >= 11 is 0. The molecule has 1 N–H and O–H groups in total. The standard InChI is InChI=1S/C15H26N2/c1-9-5-12(6-9)14-8-13(15(16)17-4)7-10(2)11(14)3/h9-14,16H,4-8H2,1-3H3/t9?,10?,11?,12?,13?,14-/m0/s1. The molecule has 0 saturated heterocycles. The van der Waals surface area contributed by atoms with E-state index in [1.807, 2.05) is 0 Å². The largest absolute Gasteiger partial charge is 0.286 e. The molecule has 4 atom stereocenters. The van der Waals surface area contributed by atoms with Crippen LogP contribution in [0.15, 0.2) is 4.99 Å². The quantitative estimate of drug-likeness (QED) is 0.553. The van der Waals surface area contributed by atoms with Crippen molar-refractivity contribution < 1.29 is 0 Å². The molecule has 2 rings (SSSR count). The van der Waals surface area contributed by atoms with Crippen molar-refractivity contribution in [3.63, 3.8) is 0 Å². The molecule has 0 heterocycles. The van der Waals surface area contributed by atoms with E-state index in [-0.39, 0.29) is 0 Å². The van der Waals surface area contributed by atoms with E-state index in [0.29, 0.717) is 11.8 Å². The number of amidine groups is 1. The lowest BCUT2D eigenvalue weighted by Gasteiger charge is -2.47. The highest BCUT2D eigenvalue weighted by atomic mass is 14.8. The second kappa shape index (κ2) is 4.91. The van der Waals surface area contributed by atoms with Crippen LogP contribution < -0.4 is 0 Å². The van der Waals surface area contributed by atoms with E-state index in [4.69, 9.17) is 5.41 Å². The van der Waals surface area contributed by atoms with Crippen LogP contribution in [0.4, 0.5) is 0 Å². The van der Waals surface area contributed by atoms with Gasteiger partial charge in [-0.05, 0) is 62.0 Å². The summed E-state index contributed by atoms with van der Waals surface area (Å²) < 4.78 is 0. The van der Waals surface area contributed by atoms with Crippen LogP contribution in [0.25, 0.3) is 0 Å². The van der Waals surface area contributed by atoms with Gasteiger partial charge in [0.15, 0.2) is 0 Å². The molecule has 2 aliphatic rings. The molecule has 0 aliphatic heterocycles. The second-order valence-electron chi connectivity index (χ2n) is 6.55. The number of rotatable bonds is 2. The highest BCUT2D eigenvalue weighted by Gasteiger charge is 2.42. The van der Waals surface area contributed by atoms with Crippen LogP contribution in [0.1, 0.15) is 46.5 Å². The van der Waals surface area contributed by atoms with Crippen molar-refractivity contribution >= 4 is 12.6 Å². The van der Waals surface area contributed by atoms with Gasteiger partial charge in [0.05, 0.1) is 0 Å². The fourth-order valence-electron chi connectivity index (χ4n) is 4.01. The second-order valence-corrected chi connectivity index (χ2v) is 6.55. The van der Waals surface area contributed by atoms with Gasteiger partial charge in [0.25, 0.3) is 0 Å². The molecule has 0 aromatic carbocycles.